The van der Waals surface area contributed by atoms with Gasteiger partial charge >= 0.3 is 11.9 Å². The molecular formula is C12H9ClN2O4. The zero-order chi connectivity index (χ0) is 14.0. The predicted molar refractivity (Wildman–Crippen MR) is 66.9 cm³/mol. The van der Waals surface area contributed by atoms with E-state index in [2.05, 4.69) is 9.84 Å². The van der Waals surface area contributed by atoms with Crippen LogP contribution in [-0.4, -0.2) is 33.9 Å². The highest BCUT2D eigenvalue weighted by atomic mass is 35.5. The lowest BCUT2D eigenvalue weighted by atomic mass is 10.2. The predicted octanol–water partition coefficient (Wildman–Crippen LogP) is 2.01. The van der Waals surface area contributed by atoms with Crippen molar-refractivity contribution in [2.24, 2.45) is 0 Å². The summed E-state index contributed by atoms with van der Waals surface area (Å²) in [6.07, 6.45) is 1.17. The topological polar surface area (TPSA) is 81.4 Å². The number of carbonyl (C=O) groups excluding carboxylic acids is 1. The number of rotatable bonds is 3. The average molecular weight is 281 g/mol. The van der Waals surface area contributed by atoms with Crippen molar-refractivity contribution >= 4 is 23.5 Å². The lowest BCUT2D eigenvalue weighted by Crippen LogP contribution is -2.03. The fourth-order valence-electron chi connectivity index (χ4n) is 1.51. The summed E-state index contributed by atoms with van der Waals surface area (Å²) in [6, 6.07) is 6.27. The summed E-state index contributed by atoms with van der Waals surface area (Å²) in [4.78, 5) is 22.1. The minimum Gasteiger partial charge on any atom is -0.478 e. The lowest BCUT2D eigenvalue weighted by molar-refractivity contribution is 0.0600. The van der Waals surface area contributed by atoms with Gasteiger partial charge < -0.3 is 9.84 Å². The molecule has 1 aromatic carbocycles. The van der Waals surface area contributed by atoms with Crippen molar-refractivity contribution in [1.29, 1.82) is 0 Å². The van der Waals surface area contributed by atoms with Gasteiger partial charge in [0.05, 0.1) is 24.6 Å². The second-order valence-electron chi connectivity index (χ2n) is 3.60. The molecule has 0 aliphatic heterocycles. The third-order valence-electron chi connectivity index (χ3n) is 2.47. The van der Waals surface area contributed by atoms with Crippen molar-refractivity contribution < 1.29 is 19.4 Å². The first-order chi connectivity index (χ1) is 9.04. The molecule has 0 saturated carbocycles. The van der Waals surface area contributed by atoms with Gasteiger partial charge in [0, 0.05) is 0 Å². The van der Waals surface area contributed by atoms with Crippen LogP contribution in [0.3, 0.4) is 0 Å². The van der Waals surface area contributed by atoms with E-state index in [0.717, 1.165) is 0 Å². The van der Waals surface area contributed by atoms with Crippen molar-refractivity contribution in [1.82, 2.24) is 9.78 Å². The van der Waals surface area contributed by atoms with Gasteiger partial charge in [-0.1, -0.05) is 11.6 Å². The fourth-order valence-corrected chi connectivity index (χ4v) is 1.78. The number of esters is 1. The number of carboxylic acid groups (broad SMARTS) is 1. The Morgan fingerprint density at radius 2 is 1.95 bits per heavy atom. The number of hydrogen-bond donors (Lipinski definition) is 1. The van der Waals surface area contributed by atoms with Crippen molar-refractivity contribution in [3.63, 3.8) is 0 Å². The first kappa shape index (κ1) is 13.1. The minimum absolute atomic E-state index is 0.00156. The van der Waals surface area contributed by atoms with Crippen molar-refractivity contribution in [2.45, 2.75) is 0 Å². The molecule has 0 radical (unpaired) electrons. The Bertz CT molecular complexity index is 634. The van der Waals surface area contributed by atoms with Crippen LogP contribution in [0.2, 0.25) is 5.15 Å². The van der Waals surface area contributed by atoms with E-state index in [9.17, 15) is 9.59 Å². The first-order valence-electron chi connectivity index (χ1n) is 5.20. The van der Waals surface area contributed by atoms with E-state index >= 15 is 0 Å². The van der Waals surface area contributed by atoms with Gasteiger partial charge in [0.25, 0.3) is 0 Å². The van der Waals surface area contributed by atoms with Crippen molar-refractivity contribution in [2.75, 3.05) is 7.11 Å². The van der Waals surface area contributed by atoms with Crippen molar-refractivity contribution in [3.05, 3.63) is 46.7 Å². The second kappa shape index (κ2) is 5.11. The molecule has 0 aliphatic carbocycles. The molecule has 0 saturated heterocycles. The monoisotopic (exact) mass is 280 g/mol. The Morgan fingerprint density at radius 1 is 1.32 bits per heavy atom. The van der Waals surface area contributed by atoms with Crippen LogP contribution in [-0.2, 0) is 4.74 Å². The van der Waals surface area contributed by atoms with Crippen LogP contribution in [0.25, 0.3) is 5.69 Å². The average Bonchev–Trinajstić information content (AvgIpc) is 2.80. The molecule has 6 nitrogen and oxygen atoms in total. The van der Waals surface area contributed by atoms with Gasteiger partial charge in [0.1, 0.15) is 10.7 Å². The van der Waals surface area contributed by atoms with Crippen LogP contribution in [0.4, 0.5) is 0 Å². The van der Waals surface area contributed by atoms with E-state index in [0.29, 0.717) is 11.3 Å². The zero-order valence-electron chi connectivity index (χ0n) is 9.83. The molecule has 0 unspecified atom stereocenters. The number of nitrogens with zero attached hydrogens (tertiary/aromatic N) is 2. The molecule has 1 aromatic heterocycles. The molecule has 7 heteroatoms. The molecule has 0 aliphatic rings. The Kier molecular flexibility index (Phi) is 3.52. The van der Waals surface area contributed by atoms with E-state index in [4.69, 9.17) is 16.7 Å². The molecule has 0 spiro atoms. The van der Waals surface area contributed by atoms with Gasteiger partial charge in [-0.25, -0.2) is 14.3 Å². The number of halogens is 1. The van der Waals surface area contributed by atoms with Gasteiger partial charge in [-0.3, -0.25) is 0 Å². The molecule has 2 rings (SSSR count). The van der Waals surface area contributed by atoms with Gasteiger partial charge in [-0.05, 0) is 24.3 Å². The molecule has 0 fully saturated rings. The van der Waals surface area contributed by atoms with Crippen LogP contribution in [0.15, 0.2) is 30.5 Å². The van der Waals surface area contributed by atoms with Crippen LogP contribution in [0, 0.1) is 0 Å². The largest absolute Gasteiger partial charge is 0.478 e. The number of methoxy groups -OCH3 is 1. The molecular weight excluding hydrogens is 272 g/mol. The normalized spacial score (nSPS) is 10.2. The Hall–Kier alpha value is -2.34. The smallest absolute Gasteiger partial charge is 0.340 e. The molecule has 19 heavy (non-hydrogen) atoms. The van der Waals surface area contributed by atoms with Gasteiger partial charge in [-0.2, -0.15) is 5.10 Å². The zero-order valence-corrected chi connectivity index (χ0v) is 10.6. The van der Waals surface area contributed by atoms with Gasteiger partial charge in [-0.15, -0.1) is 0 Å². The van der Waals surface area contributed by atoms with Gasteiger partial charge in [0.15, 0.2) is 0 Å². The molecule has 1 heterocycles. The summed E-state index contributed by atoms with van der Waals surface area (Å²) in [5, 5.41) is 12.8. The van der Waals surface area contributed by atoms with E-state index < -0.39 is 11.9 Å². The van der Waals surface area contributed by atoms with Crippen LogP contribution in [0.5, 0.6) is 0 Å². The third-order valence-corrected chi connectivity index (χ3v) is 2.84. The summed E-state index contributed by atoms with van der Waals surface area (Å²) in [6.45, 7) is 0. The SMILES string of the molecule is COC(=O)c1ccc(-n2ncc(C(=O)O)c2Cl)cc1. The number of carboxylic acids is 1. The fraction of sp³-hybridized carbons (Fsp3) is 0.0833. The molecule has 0 atom stereocenters. The quantitative estimate of drug-likeness (QED) is 0.870. The Labute approximate surface area is 113 Å². The Balaban J connectivity index is 2.38. The second-order valence-corrected chi connectivity index (χ2v) is 3.96. The summed E-state index contributed by atoms with van der Waals surface area (Å²) >= 11 is 5.91. The number of aromatic nitrogens is 2. The van der Waals surface area contributed by atoms with E-state index in [1.165, 1.54) is 18.0 Å². The highest BCUT2D eigenvalue weighted by Gasteiger charge is 2.16. The summed E-state index contributed by atoms with van der Waals surface area (Å²) < 4.78 is 5.85. The number of ether oxygens (including phenoxy) is 1. The van der Waals surface area contributed by atoms with Crippen LogP contribution in [0.1, 0.15) is 20.7 Å². The number of aromatic carboxylic acids is 1. The summed E-state index contributed by atoms with van der Waals surface area (Å²) in [5.74, 6) is -1.60. The summed E-state index contributed by atoms with van der Waals surface area (Å²) in [5.41, 5.74) is 0.844. The van der Waals surface area contributed by atoms with E-state index in [1.54, 1.807) is 24.3 Å². The highest BCUT2D eigenvalue weighted by molar-refractivity contribution is 6.32. The number of hydrogen-bond acceptors (Lipinski definition) is 4. The third kappa shape index (κ3) is 2.43. The maximum atomic E-state index is 11.3. The molecule has 0 amide bonds. The molecule has 0 bridgehead atoms. The van der Waals surface area contributed by atoms with Crippen LogP contribution < -0.4 is 0 Å². The van der Waals surface area contributed by atoms with Crippen LogP contribution >= 0.6 is 11.6 Å². The maximum absolute atomic E-state index is 11.3. The molecule has 2 aromatic rings. The van der Waals surface area contributed by atoms with E-state index in [1.807, 2.05) is 0 Å². The molecule has 98 valence electrons. The first-order valence-corrected chi connectivity index (χ1v) is 5.58. The maximum Gasteiger partial charge on any atom is 0.340 e. The molecule has 1 N–H and O–H groups in total. The van der Waals surface area contributed by atoms with E-state index in [-0.39, 0.29) is 10.7 Å². The Morgan fingerprint density at radius 3 is 2.42 bits per heavy atom. The van der Waals surface area contributed by atoms with Gasteiger partial charge in [0.2, 0.25) is 0 Å². The standard InChI is InChI=1S/C12H9ClN2O4/c1-19-12(18)7-2-4-8(5-3-7)15-10(13)9(6-14-15)11(16)17/h2-6H,1H3,(H,16,17). The van der Waals surface area contributed by atoms with Crippen molar-refractivity contribution in [3.8, 4) is 5.69 Å². The minimum atomic E-state index is -1.15. The summed E-state index contributed by atoms with van der Waals surface area (Å²) in [7, 11) is 1.29. The highest BCUT2D eigenvalue weighted by Crippen LogP contribution is 2.20. The number of benzene rings is 1. The number of carbonyl (C=O) groups is 2. The lowest BCUT2D eigenvalue weighted by Gasteiger charge is -2.04.